The first-order valence-corrected chi connectivity index (χ1v) is 14.1. The highest BCUT2D eigenvalue weighted by Crippen LogP contribution is 2.43. The summed E-state index contributed by atoms with van der Waals surface area (Å²) in [5.74, 6) is 0.731. The summed E-state index contributed by atoms with van der Waals surface area (Å²) in [6, 6.07) is 15.8. The van der Waals surface area contributed by atoms with Gasteiger partial charge in [-0.3, -0.25) is 9.59 Å². The highest BCUT2D eigenvalue weighted by molar-refractivity contribution is 6.30. The van der Waals surface area contributed by atoms with Crippen LogP contribution in [0.4, 0.5) is 0 Å². The van der Waals surface area contributed by atoms with Gasteiger partial charge in [0.2, 0.25) is 5.91 Å². The minimum atomic E-state index is -0.770. The first-order chi connectivity index (χ1) is 19.7. The third-order valence-electron chi connectivity index (χ3n) is 7.38. The number of fused-ring (bicyclic) bond motifs is 3. The predicted molar refractivity (Wildman–Crippen MR) is 155 cm³/mol. The largest absolute Gasteiger partial charge is 0.493 e. The van der Waals surface area contributed by atoms with E-state index in [2.05, 4.69) is 10.6 Å². The molecule has 41 heavy (non-hydrogen) atoms. The lowest BCUT2D eigenvalue weighted by molar-refractivity contribution is -0.138. The van der Waals surface area contributed by atoms with Gasteiger partial charge in [0, 0.05) is 47.6 Å². The summed E-state index contributed by atoms with van der Waals surface area (Å²) < 4.78 is 19.5. The highest BCUT2D eigenvalue weighted by Gasteiger charge is 2.28. The van der Waals surface area contributed by atoms with Gasteiger partial charge in [-0.2, -0.15) is 0 Å². The third-order valence-corrected chi connectivity index (χ3v) is 7.61. The molecule has 9 nitrogen and oxygen atoms in total. The van der Waals surface area contributed by atoms with E-state index in [1.165, 1.54) is 0 Å². The number of para-hydroxylation sites is 1. The molecule has 0 saturated carbocycles. The molecular formula is C31H37ClN2O7. The van der Waals surface area contributed by atoms with Crippen LogP contribution in [0.2, 0.25) is 5.02 Å². The molecule has 2 unspecified atom stereocenters. The molecule has 0 spiro atoms. The number of piperidine rings is 1. The van der Waals surface area contributed by atoms with Gasteiger partial charge in [0.1, 0.15) is 6.10 Å². The molecule has 3 heterocycles. The Kier molecular flexibility index (Phi) is 10.3. The summed E-state index contributed by atoms with van der Waals surface area (Å²) in [5.41, 5.74) is 4.05. The number of aliphatic hydroxyl groups excluding tert-OH is 1. The van der Waals surface area contributed by atoms with Gasteiger partial charge in [-0.15, -0.1) is 0 Å². The Morgan fingerprint density at radius 3 is 2.49 bits per heavy atom. The van der Waals surface area contributed by atoms with Gasteiger partial charge < -0.3 is 33.9 Å². The molecule has 0 radical (unpaired) electrons. The SMILES string of the molecule is CC(O)CC(=O)N1CCC(CC(=O)O)CC1.COc1cccc(C2OCc3cccn3-c3ccc(Cl)cc32)c1OC. The number of carboxylic acid groups (broad SMARTS) is 1. The van der Waals surface area contributed by atoms with E-state index in [1.54, 1.807) is 26.0 Å². The maximum Gasteiger partial charge on any atom is 0.303 e. The number of amides is 1. The Bertz CT molecular complexity index is 1350. The van der Waals surface area contributed by atoms with Crippen LogP contribution in [0.1, 0.15) is 55.5 Å². The molecular weight excluding hydrogens is 548 g/mol. The fourth-order valence-corrected chi connectivity index (χ4v) is 5.55. The summed E-state index contributed by atoms with van der Waals surface area (Å²) >= 11 is 6.30. The van der Waals surface area contributed by atoms with Crippen LogP contribution in [0.15, 0.2) is 54.7 Å². The minimum Gasteiger partial charge on any atom is -0.493 e. The van der Waals surface area contributed by atoms with Crippen molar-refractivity contribution in [1.29, 1.82) is 0 Å². The van der Waals surface area contributed by atoms with Crippen LogP contribution in [0.25, 0.3) is 5.69 Å². The topological polar surface area (TPSA) is 110 Å². The van der Waals surface area contributed by atoms with Crippen molar-refractivity contribution >= 4 is 23.5 Å². The molecule has 10 heteroatoms. The second-order valence-corrected chi connectivity index (χ2v) is 10.8. The van der Waals surface area contributed by atoms with Crippen molar-refractivity contribution in [1.82, 2.24) is 9.47 Å². The number of carboxylic acids is 1. The zero-order valence-electron chi connectivity index (χ0n) is 23.6. The van der Waals surface area contributed by atoms with Gasteiger partial charge in [-0.05, 0) is 62.1 Å². The lowest BCUT2D eigenvalue weighted by atomic mass is 9.93. The molecule has 3 aromatic rings. The number of hydrogen-bond acceptors (Lipinski definition) is 6. The van der Waals surface area contributed by atoms with Crippen molar-refractivity contribution in [3.05, 3.63) is 76.6 Å². The second-order valence-electron chi connectivity index (χ2n) is 10.3. The summed E-state index contributed by atoms with van der Waals surface area (Å²) in [6.45, 7) is 3.31. The van der Waals surface area contributed by atoms with Crippen molar-refractivity contribution in [2.75, 3.05) is 27.3 Å². The van der Waals surface area contributed by atoms with Crippen LogP contribution in [0.5, 0.6) is 11.5 Å². The molecule has 0 aliphatic carbocycles. The predicted octanol–water partition coefficient (Wildman–Crippen LogP) is 5.24. The van der Waals surface area contributed by atoms with Gasteiger partial charge in [0.25, 0.3) is 0 Å². The van der Waals surface area contributed by atoms with E-state index in [0.717, 1.165) is 35.3 Å². The van der Waals surface area contributed by atoms with Crippen LogP contribution in [0.3, 0.4) is 0 Å². The van der Waals surface area contributed by atoms with Crippen LogP contribution in [0, 0.1) is 5.92 Å². The van der Waals surface area contributed by atoms with Crippen molar-refractivity contribution in [2.45, 2.75) is 51.4 Å². The molecule has 5 rings (SSSR count). The normalized spacial score (nSPS) is 17.3. The molecule has 1 amide bonds. The molecule has 220 valence electrons. The molecule has 1 saturated heterocycles. The standard InChI is InChI=1S/C20H18ClNO3.C11H19NO4/c1-23-18-7-3-6-15(20(18)24-2)19-16-11-13(21)8-9-17(16)22-10-4-5-14(22)12-25-19;1-8(13)6-10(14)12-4-2-9(3-5-12)7-11(15)16/h3-11,19H,12H2,1-2H3;8-9,13H,2-7H2,1H3,(H,15,16). The van der Waals surface area contributed by atoms with E-state index < -0.39 is 12.1 Å². The Morgan fingerprint density at radius 1 is 1.07 bits per heavy atom. The van der Waals surface area contributed by atoms with Gasteiger partial charge in [-0.25, -0.2) is 0 Å². The summed E-state index contributed by atoms with van der Waals surface area (Å²) in [7, 11) is 3.27. The average Bonchev–Trinajstić information content (AvgIpc) is 3.36. The number of likely N-dealkylation sites (tertiary alicyclic amines) is 1. The summed E-state index contributed by atoms with van der Waals surface area (Å²) in [4.78, 5) is 23.8. The Balaban J connectivity index is 0.000000210. The average molecular weight is 585 g/mol. The number of aliphatic hydroxyl groups is 1. The van der Waals surface area contributed by atoms with Crippen molar-refractivity contribution in [2.24, 2.45) is 5.92 Å². The van der Waals surface area contributed by atoms with Crippen molar-refractivity contribution in [3.8, 4) is 17.2 Å². The van der Waals surface area contributed by atoms with E-state index >= 15 is 0 Å². The number of benzene rings is 2. The Morgan fingerprint density at radius 2 is 1.83 bits per heavy atom. The zero-order chi connectivity index (χ0) is 29.5. The van der Waals surface area contributed by atoms with E-state index in [4.69, 9.17) is 36.0 Å². The lowest BCUT2D eigenvalue weighted by Gasteiger charge is -2.31. The van der Waals surface area contributed by atoms with E-state index in [0.29, 0.717) is 36.2 Å². The summed E-state index contributed by atoms with van der Waals surface area (Å²) in [6.07, 6.45) is 2.97. The molecule has 2 atom stereocenters. The monoisotopic (exact) mass is 584 g/mol. The number of halogens is 1. The first-order valence-electron chi connectivity index (χ1n) is 13.7. The number of aliphatic carboxylic acids is 1. The van der Waals surface area contributed by atoms with Gasteiger partial charge >= 0.3 is 5.97 Å². The number of carbonyl (C=O) groups excluding carboxylic acids is 1. The van der Waals surface area contributed by atoms with Gasteiger partial charge in [0.15, 0.2) is 11.5 Å². The number of nitrogens with zero attached hydrogens (tertiary/aromatic N) is 2. The quantitative estimate of drug-likeness (QED) is 0.391. The fourth-order valence-electron chi connectivity index (χ4n) is 5.37. The summed E-state index contributed by atoms with van der Waals surface area (Å²) in [5, 5.41) is 18.4. The Hall–Kier alpha value is -3.53. The molecule has 2 aromatic carbocycles. The van der Waals surface area contributed by atoms with Crippen molar-refractivity contribution < 1.29 is 34.0 Å². The molecule has 2 aliphatic rings. The molecule has 1 fully saturated rings. The van der Waals surface area contributed by atoms with Gasteiger partial charge in [0.05, 0.1) is 39.0 Å². The van der Waals surface area contributed by atoms with E-state index in [-0.39, 0.29) is 30.8 Å². The zero-order valence-corrected chi connectivity index (χ0v) is 24.3. The van der Waals surface area contributed by atoms with Crippen LogP contribution in [-0.4, -0.2) is 65.0 Å². The van der Waals surface area contributed by atoms with Crippen LogP contribution >= 0.6 is 11.6 Å². The number of methoxy groups -OCH3 is 2. The van der Waals surface area contributed by atoms with E-state index in [1.807, 2.05) is 48.7 Å². The fraction of sp³-hybridized carbons (Fsp3) is 0.419. The number of carbonyl (C=O) groups is 2. The molecule has 2 aliphatic heterocycles. The number of ether oxygens (including phenoxy) is 3. The van der Waals surface area contributed by atoms with Crippen LogP contribution < -0.4 is 9.47 Å². The van der Waals surface area contributed by atoms with Crippen LogP contribution in [-0.2, 0) is 20.9 Å². The van der Waals surface area contributed by atoms with Gasteiger partial charge in [-0.1, -0.05) is 23.7 Å². The number of rotatable bonds is 7. The smallest absolute Gasteiger partial charge is 0.303 e. The highest BCUT2D eigenvalue weighted by atomic mass is 35.5. The maximum atomic E-state index is 11.6. The maximum absolute atomic E-state index is 11.6. The minimum absolute atomic E-state index is 0.0382. The van der Waals surface area contributed by atoms with E-state index in [9.17, 15) is 9.59 Å². The molecule has 1 aromatic heterocycles. The Labute approximate surface area is 245 Å². The second kappa shape index (κ2) is 13.9. The number of hydrogen-bond donors (Lipinski definition) is 2. The number of aromatic nitrogens is 1. The lowest BCUT2D eigenvalue weighted by Crippen LogP contribution is -2.39. The molecule has 0 bridgehead atoms. The molecule has 2 N–H and O–H groups in total. The first kappa shape index (κ1) is 30.4. The third kappa shape index (κ3) is 7.41. The van der Waals surface area contributed by atoms with Crippen molar-refractivity contribution in [3.63, 3.8) is 0 Å².